The molecular weight excluding hydrogens is 300 g/mol. The van der Waals surface area contributed by atoms with Gasteiger partial charge < -0.3 is 15.0 Å². The maximum atomic E-state index is 13.0. The fourth-order valence-electron chi connectivity index (χ4n) is 3.92. The van der Waals surface area contributed by atoms with Crippen molar-refractivity contribution in [3.05, 3.63) is 29.8 Å². The molecule has 0 spiro atoms. The van der Waals surface area contributed by atoms with Crippen molar-refractivity contribution in [2.45, 2.75) is 51.5 Å². The van der Waals surface area contributed by atoms with Crippen molar-refractivity contribution in [3.63, 3.8) is 0 Å². The van der Waals surface area contributed by atoms with Gasteiger partial charge in [-0.1, -0.05) is 24.1 Å². The lowest BCUT2D eigenvalue weighted by Gasteiger charge is -2.45. The van der Waals surface area contributed by atoms with Crippen molar-refractivity contribution < 1.29 is 9.53 Å². The van der Waals surface area contributed by atoms with Gasteiger partial charge >= 0.3 is 0 Å². The van der Waals surface area contributed by atoms with Crippen molar-refractivity contribution in [1.82, 2.24) is 4.90 Å². The number of nitrogens with zero attached hydrogens (tertiary/aromatic N) is 1. The molecular formula is C20H30N2O2. The molecule has 24 heavy (non-hydrogen) atoms. The molecule has 1 heterocycles. The second-order valence-corrected chi connectivity index (χ2v) is 7.45. The minimum absolute atomic E-state index is 0.118. The Kier molecular flexibility index (Phi) is 5.44. The number of aryl methyl sites for hydroxylation is 1. The van der Waals surface area contributed by atoms with Crippen LogP contribution in [0.2, 0.25) is 0 Å². The van der Waals surface area contributed by atoms with Gasteiger partial charge in [0, 0.05) is 38.5 Å². The van der Waals surface area contributed by atoms with Crippen LogP contribution in [-0.2, 0) is 9.53 Å². The molecule has 4 nitrogen and oxygen atoms in total. The summed E-state index contributed by atoms with van der Waals surface area (Å²) in [6.45, 7) is 4.54. The van der Waals surface area contributed by atoms with E-state index in [1.807, 2.05) is 0 Å². The van der Waals surface area contributed by atoms with E-state index in [2.05, 4.69) is 41.4 Å². The van der Waals surface area contributed by atoms with E-state index in [-0.39, 0.29) is 5.41 Å². The normalized spacial score (nSPS) is 20.5. The monoisotopic (exact) mass is 330 g/mol. The summed E-state index contributed by atoms with van der Waals surface area (Å²) in [5.74, 6) is 0.375. The number of carbonyl (C=O) groups is 1. The van der Waals surface area contributed by atoms with Gasteiger partial charge in [0.1, 0.15) is 0 Å². The lowest BCUT2D eigenvalue weighted by Crippen LogP contribution is -2.52. The van der Waals surface area contributed by atoms with Crippen molar-refractivity contribution in [2.75, 3.05) is 32.1 Å². The quantitative estimate of drug-likeness (QED) is 0.866. The van der Waals surface area contributed by atoms with E-state index >= 15 is 0 Å². The van der Waals surface area contributed by atoms with Crippen LogP contribution in [0.15, 0.2) is 24.3 Å². The molecule has 0 unspecified atom stereocenters. The van der Waals surface area contributed by atoms with Gasteiger partial charge in [-0.15, -0.1) is 0 Å². The zero-order chi connectivity index (χ0) is 17.0. The molecule has 1 aromatic carbocycles. The Morgan fingerprint density at radius 3 is 2.46 bits per heavy atom. The standard InChI is InChI=1S/C20H30N2O2/c1-16-4-6-17(7-5-16)21-18-8-13-22(14-9-18)19(23)20(10-3-11-20)12-15-24-2/h4-7,18,21H,3,8-15H2,1-2H3. The molecule has 1 aliphatic carbocycles. The molecule has 1 amide bonds. The van der Waals surface area contributed by atoms with Crippen LogP contribution in [0, 0.1) is 12.3 Å². The van der Waals surface area contributed by atoms with E-state index in [1.54, 1.807) is 7.11 Å². The number of rotatable bonds is 6. The second-order valence-electron chi connectivity index (χ2n) is 7.45. The van der Waals surface area contributed by atoms with Gasteiger partial charge in [0.2, 0.25) is 5.91 Å². The highest BCUT2D eigenvalue weighted by Crippen LogP contribution is 2.45. The zero-order valence-corrected chi connectivity index (χ0v) is 15.0. The van der Waals surface area contributed by atoms with Crippen LogP contribution >= 0.6 is 0 Å². The largest absolute Gasteiger partial charge is 0.385 e. The van der Waals surface area contributed by atoms with Gasteiger partial charge in [-0.3, -0.25) is 4.79 Å². The summed E-state index contributed by atoms with van der Waals surface area (Å²) in [6, 6.07) is 9.02. The molecule has 1 saturated carbocycles. The number of carbonyl (C=O) groups excluding carboxylic acids is 1. The molecule has 1 N–H and O–H groups in total. The second kappa shape index (κ2) is 7.56. The minimum atomic E-state index is -0.118. The smallest absolute Gasteiger partial charge is 0.228 e. The third-order valence-electron chi connectivity index (χ3n) is 5.75. The predicted molar refractivity (Wildman–Crippen MR) is 97.2 cm³/mol. The number of methoxy groups -OCH3 is 1. The minimum Gasteiger partial charge on any atom is -0.385 e. The third-order valence-corrected chi connectivity index (χ3v) is 5.75. The molecule has 0 atom stereocenters. The van der Waals surface area contributed by atoms with Crippen LogP contribution in [0.1, 0.15) is 44.1 Å². The van der Waals surface area contributed by atoms with Gasteiger partial charge in [0.05, 0.1) is 5.41 Å². The zero-order valence-electron chi connectivity index (χ0n) is 15.0. The highest BCUT2D eigenvalue weighted by molar-refractivity contribution is 5.83. The summed E-state index contributed by atoms with van der Waals surface area (Å²) in [4.78, 5) is 15.1. The lowest BCUT2D eigenvalue weighted by atomic mass is 9.65. The summed E-state index contributed by atoms with van der Waals surface area (Å²) < 4.78 is 5.22. The van der Waals surface area contributed by atoms with Crippen LogP contribution in [0.5, 0.6) is 0 Å². The first-order valence-electron chi connectivity index (χ1n) is 9.24. The summed E-state index contributed by atoms with van der Waals surface area (Å²) in [6.07, 6.45) is 6.19. The average Bonchev–Trinajstić information content (AvgIpc) is 2.56. The lowest BCUT2D eigenvalue weighted by molar-refractivity contribution is -0.150. The number of hydrogen-bond donors (Lipinski definition) is 1. The van der Waals surface area contributed by atoms with Crippen molar-refractivity contribution in [1.29, 1.82) is 0 Å². The summed E-state index contributed by atoms with van der Waals surface area (Å²) >= 11 is 0. The number of nitrogens with one attached hydrogen (secondary N) is 1. The highest BCUT2D eigenvalue weighted by atomic mass is 16.5. The number of ether oxygens (including phenoxy) is 1. The van der Waals surface area contributed by atoms with Crippen molar-refractivity contribution >= 4 is 11.6 Å². The molecule has 3 rings (SSSR count). The molecule has 0 bridgehead atoms. The van der Waals surface area contributed by atoms with Crippen LogP contribution < -0.4 is 5.32 Å². The molecule has 0 aromatic heterocycles. The van der Waals surface area contributed by atoms with Crippen LogP contribution in [-0.4, -0.2) is 43.7 Å². The summed E-state index contributed by atoms with van der Waals surface area (Å²) in [5.41, 5.74) is 2.34. The first-order valence-corrected chi connectivity index (χ1v) is 9.24. The molecule has 4 heteroatoms. The Morgan fingerprint density at radius 1 is 1.25 bits per heavy atom. The number of hydrogen-bond acceptors (Lipinski definition) is 3. The fourth-order valence-corrected chi connectivity index (χ4v) is 3.92. The van der Waals surface area contributed by atoms with Crippen LogP contribution in [0.25, 0.3) is 0 Å². The van der Waals surface area contributed by atoms with Gasteiger partial charge in [-0.2, -0.15) is 0 Å². The molecule has 2 aliphatic rings. The molecule has 1 aromatic rings. The average molecular weight is 330 g/mol. The Labute approximate surface area is 145 Å². The SMILES string of the molecule is COCCC1(C(=O)N2CCC(Nc3ccc(C)cc3)CC2)CCC1. The molecule has 1 aliphatic heterocycles. The molecule has 1 saturated heterocycles. The number of likely N-dealkylation sites (tertiary alicyclic amines) is 1. The Hall–Kier alpha value is -1.55. The van der Waals surface area contributed by atoms with Crippen LogP contribution in [0.4, 0.5) is 5.69 Å². The van der Waals surface area contributed by atoms with Gasteiger partial charge in [0.25, 0.3) is 0 Å². The van der Waals surface area contributed by atoms with Crippen LogP contribution in [0.3, 0.4) is 0 Å². The molecule has 2 fully saturated rings. The van der Waals surface area contributed by atoms with Gasteiger partial charge in [0.15, 0.2) is 0 Å². The van der Waals surface area contributed by atoms with Crippen molar-refractivity contribution in [2.24, 2.45) is 5.41 Å². The number of piperidine rings is 1. The van der Waals surface area contributed by atoms with E-state index in [4.69, 9.17) is 4.74 Å². The fraction of sp³-hybridized carbons (Fsp3) is 0.650. The number of amides is 1. The maximum absolute atomic E-state index is 13.0. The number of benzene rings is 1. The summed E-state index contributed by atoms with van der Waals surface area (Å²) in [7, 11) is 1.72. The Morgan fingerprint density at radius 2 is 1.92 bits per heavy atom. The topological polar surface area (TPSA) is 41.6 Å². The van der Waals surface area contributed by atoms with E-state index in [0.717, 1.165) is 45.2 Å². The van der Waals surface area contributed by atoms with E-state index < -0.39 is 0 Å². The first-order chi connectivity index (χ1) is 11.6. The summed E-state index contributed by atoms with van der Waals surface area (Å²) in [5, 5.41) is 3.61. The Bertz CT molecular complexity index is 543. The van der Waals surface area contributed by atoms with E-state index in [0.29, 0.717) is 18.6 Å². The molecule has 0 radical (unpaired) electrons. The Balaban J connectivity index is 1.51. The maximum Gasteiger partial charge on any atom is 0.228 e. The van der Waals surface area contributed by atoms with E-state index in [1.165, 1.54) is 17.7 Å². The third kappa shape index (κ3) is 3.75. The predicted octanol–water partition coefficient (Wildman–Crippen LogP) is 3.60. The van der Waals surface area contributed by atoms with Crippen molar-refractivity contribution in [3.8, 4) is 0 Å². The molecule has 132 valence electrons. The number of anilines is 1. The first kappa shape index (κ1) is 17.3. The highest BCUT2D eigenvalue weighted by Gasteiger charge is 2.46. The van der Waals surface area contributed by atoms with Gasteiger partial charge in [-0.05, 0) is 51.2 Å². The van der Waals surface area contributed by atoms with Gasteiger partial charge in [-0.25, -0.2) is 0 Å². The van der Waals surface area contributed by atoms with E-state index in [9.17, 15) is 4.79 Å².